The molecule has 0 spiro atoms. The van der Waals surface area contributed by atoms with E-state index in [0.717, 1.165) is 0 Å². The van der Waals surface area contributed by atoms with Crippen molar-refractivity contribution in [3.05, 3.63) is 21.7 Å². The van der Waals surface area contributed by atoms with E-state index in [1.54, 1.807) is 0 Å². The molecule has 1 rings (SSSR count). The van der Waals surface area contributed by atoms with Crippen LogP contribution in [0.3, 0.4) is 0 Å². The topological polar surface area (TPSA) is 98.2 Å². The Morgan fingerprint density at radius 1 is 1.73 bits per heavy atom. The lowest BCUT2D eigenvalue weighted by molar-refractivity contribution is 0.0132. The van der Waals surface area contributed by atoms with Crippen molar-refractivity contribution >= 4 is 17.4 Å². The molecule has 0 radical (unpaired) electrons. The molecule has 1 heterocycles. The minimum atomic E-state index is -1.28. The van der Waals surface area contributed by atoms with E-state index in [-0.39, 0.29) is 17.4 Å². The molecule has 15 heavy (non-hydrogen) atoms. The number of anilines is 1. The SMILES string of the molecule is CC(O)(CO)CNc1nc[nH]c(=O)c1Cl. The van der Waals surface area contributed by atoms with Crippen molar-refractivity contribution in [2.75, 3.05) is 18.5 Å². The molecule has 0 fully saturated rings. The summed E-state index contributed by atoms with van der Waals surface area (Å²) in [6, 6.07) is 0. The first-order chi connectivity index (χ1) is 6.96. The summed E-state index contributed by atoms with van der Waals surface area (Å²) in [5, 5.41) is 20.9. The Labute approximate surface area is 90.9 Å². The predicted octanol–water partition coefficient (Wildman–Crippen LogP) is -0.422. The summed E-state index contributed by atoms with van der Waals surface area (Å²) in [5.74, 6) is 0.175. The zero-order chi connectivity index (χ0) is 11.5. The highest BCUT2D eigenvalue weighted by Gasteiger charge is 2.19. The average molecular weight is 234 g/mol. The highest BCUT2D eigenvalue weighted by Crippen LogP contribution is 2.13. The fraction of sp³-hybridized carbons (Fsp3) is 0.500. The van der Waals surface area contributed by atoms with E-state index < -0.39 is 17.8 Å². The predicted molar refractivity (Wildman–Crippen MR) is 56.1 cm³/mol. The number of halogens is 1. The van der Waals surface area contributed by atoms with Gasteiger partial charge in [-0.05, 0) is 6.92 Å². The molecule has 6 nitrogen and oxygen atoms in total. The van der Waals surface area contributed by atoms with Crippen molar-refractivity contribution < 1.29 is 10.2 Å². The molecule has 0 saturated carbocycles. The Balaban J connectivity index is 2.74. The number of nitrogens with one attached hydrogen (secondary N) is 2. The molecule has 7 heteroatoms. The first-order valence-corrected chi connectivity index (χ1v) is 4.64. The molecule has 0 aliphatic rings. The summed E-state index contributed by atoms with van der Waals surface area (Å²) in [6.45, 7) is 1.08. The molecule has 0 amide bonds. The molecular weight excluding hydrogens is 222 g/mol. The Morgan fingerprint density at radius 3 is 3.00 bits per heavy atom. The molecule has 1 aromatic rings. The summed E-state index contributed by atoms with van der Waals surface area (Å²) < 4.78 is 0. The Kier molecular flexibility index (Phi) is 3.67. The van der Waals surface area contributed by atoms with Crippen LogP contribution in [0, 0.1) is 0 Å². The standard InChI is InChI=1S/C8H12ClN3O3/c1-8(15,3-13)2-10-6-5(9)7(14)12-4-11-6/h4,13,15H,2-3H2,1H3,(H2,10,11,12,14). The van der Waals surface area contributed by atoms with Gasteiger partial charge in [0.25, 0.3) is 5.56 Å². The molecule has 84 valence electrons. The van der Waals surface area contributed by atoms with Crippen LogP contribution in [0.4, 0.5) is 5.82 Å². The van der Waals surface area contributed by atoms with Gasteiger partial charge in [-0.3, -0.25) is 4.79 Å². The van der Waals surface area contributed by atoms with Crippen LogP contribution >= 0.6 is 11.6 Å². The van der Waals surface area contributed by atoms with Crippen molar-refractivity contribution in [2.45, 2.75) is 12.5 Å². The van der Waals surface area contributed by atoms with Gasteiger partial charge in [0.15, 0.2) is 5.82 Å². The molecule has 0 aromatic carbocycles. The van der Waals surface area contributed by atoms with Crippen LogP contribution in [0.2, 0.25) is 5.02 Å². The smallest absolute Gasteiger partial charge is 0.271 e. The van der Waals surface area contributed by atoms with Gasteiger partial charge in [-0.25, -0.2) is 4.98 Å². The first-order valence-electron chi connectivity index (χ1n) is 4.26. The van der Waals surface area contributed by atoms with E-state index in [0.29, 0.717) is 0 Å². The van der Waals surface area contributed by atoms with Gasteiger partial charge >= 0.3 is 0 Å². The van der Waals surface area contributed by atoms with Gasteiger partial charge in [-0.2, -0.15) is 0 Å². The molecule has 4 N–H and O–H groups in total. The maximum Gasteiger partial charge on any atom is 0.271 e. The number of hydrogen-bond donors (Lipinski definition) is 4. The van der Waals surface area contributed by atoms with Gasteiger partial charge in [0.05, 0.1) is 12.9 Å². The Morgan fingerprint density at radius 2 is 2.40 bits per heavy atom. The van der Waals surface area contributed by atoms with Crippen LogP contribution < -0.4 is 10.9 Å². The minimum Gasteiger partial charge on any atom is -0.393 e. The number of aliphatic hydroxyl groups excluding tert-OH is 1. The number of H-pyrrole nitrogens is 1. The number of nitrogens with zero attached hydrogens (tertiary/aromatic N) is 1. The zero-order valence-electron chi connectivity index (χ0n) is 8.12. The second kappa shape index (κ2) is 4.61. The van der Waals surface area contributed by atoms with E-state index in [1.807, 2.05) is 0 Å². The fourth-order valence-corrected chi connectivity index (χ4v) is 1.01. The molecule has 0 saturated heterocycles. The number of hydrogen-bond acceptors (Lipinski definition) is 5. The number of aromatic amines is 1. The summed E-state index contributed by atoms with van der Waals surface area (Å²) >= 11 is 5.65. The Hall–Kier alpha value is -1.11. The second-order valence-electron chi connectivity index (χ2n) is 3.40. The lowest BCUT2D eigenvalue weighted by Crippen LogP contribution is -2.37. The maximum atomic E-state index is 11.1. The van der Waals surface area contributed by atoms with Gasteiger partial charge in [-0.1, -0.05) is 11.6 Å². The van der Waals surface area contributed by atoms with Gasteiger partial charge in [0.2, 0.25) is 0 Å². The normalized spacial score (nSPS) is 14.7. The summed E-state index contributed by atoms with van der Waals surface area (Å²) in [7, 11) is 0. The third-order valence-electron chi connectivity index (χ3n) is 1.77. The third kappa shape index (κ3) is 3.19. The lowest BCUT2D eigenvalue weighted by Gasteiger charge is -2.20. The molecule has 0 aliphatic heterocycles. The highest BCUT2D eigenvalue weighted by molar-refractivity contribution is 6.32. The van der Waals surface area contributed by atoms with Crippen LogP contribution in [0.25, 0.3) is 0 Å². The average Bonchev–Trinajstić information content (AvgIpc) is 2.20. The lowest BCUT2D eigenvalue weighted by atomic mass is 10.1. The highest BCUT2D eigenvalue weighted by atomic mass is 35.5. The monoisotopic (exact) mass is 233 g/mol. The van der Waals surface area contributed by atoms with Gasteiger partial charge in [0.1, 0.15) is 10.6 Å². The van der Waals surface area contributed by atoms with Crippen molar-refractivity contribution in [3.8, 4) is 0 Å². The van der Waals surface area contributed by atoms with E-state index in [4.69, 9.17) is 16.7 Å². The number of aromatic nitrogens is 2. The fourth-order valence-electron chi connectivity index (χ4n) is 0.836. The van der Waals surface area contributed by atoms with Crippen LogP contribution in [0.15, 0.2) is 11.1 Å². The van der Waals surface area contributed by atoms with E-state index in [9.17, 15) is 9.90 Å². The molecule has 1 atom stereocenters. The van der Waals surface area contributed by atoms with Crippen molar-refractivity contribution in [1.82, 2.24) is 9.97 Å². The Bertz CT molecular complexity index is 391. The summed E-state index contributed by atoms with van der Waals surface area (Å²) in [6.07, 6.45) is 1.20. The molecule has 0 aliphatic carbocycles. The van der Waals surface area contributed by atoms with Crippen LogP contribution in [-0.4, -0.2) is 38.9 Å². The maximum absolute atomic E-state index is 11.1. The van der Waals surface area contributed by atoms with Gasteiger partial charge in [0, 0.05) is 6.54 Å². The van der Waals surface area contributed by atoms with Crippen LogP contribution in [0.5, 0.6) is 0 Å². The van der Waals surface area contributed by atoms with Gasteiger partial charge in [-0.15, -0.1) is 0 Å². The van der Waals surface area contributed by atoms with E-state index in [1.165, 1.54) is 13.3 Å². The number of rotatable bonds is 4. The minimum absolute atomic E-state index is 0.0413. The molecule has 0 bridgehead atoms. The third-order valence-corrected chi connectivity index (χ3v) is 2.12. The van der Waals surface area contributed by atoms with Crippen molar-refractivity contribution in [1.29, 1.82) is 0 Å². The largest absolute Gasteiger partial charge is 0.393 e. The van der Waals surface area contributed by atoms with Gasteiger partial charge < -0.3 is 20.5 Å². The summed E-state index contributed by atoms with van der Waals surface area (Å²) in [5.41, 5.74) is -1.74. The molecular formula is C8H12ClN3O3. The quantitative estimate of drug-likeness (QED) is 0.566. The van der Waals surface area contributed by atoms with E-state index >= 15 is 0 Å². The molecule has 1 aromatic heterocycles. The van der Waals surface area contributed by atoms with Crippen LogP contribution in [-0.2, 0) is 0 Å². The van der Waals surface area contributed by atoms with Crippen molar-refractivity contribution in [2.24, 2.45) is 0 Å². The second-order valence-corrected chi connectivity index (χ2v) is 3.78. The van der Waals surface area contributed by atoms with Crippen LogP contribution in [0.1, 0.15) is 6.92 Å². The first kappa shape index (κ1) is 12.0. The number of aliphatic hydroxyl groups is 2. The summed E-state index contributed by atoms with van der Waals surface area (Å²) in [4.78, 5) is 17.1. The molecule has 1 unspecified atom stereocenters. The zero-order valence-corrected chi connectivity index (χ0v) is 8.88. The van der Waals surface area contributed by atoms with Crippen molar-refractivity contribution in [3.63, 3.8) is 0 Å². The van der Waals surface area contributed by atoms with E-state index in [2.05, 4.69) is 15.3 Å².